The van der Waals surface area contributed by atoms with Crippen molar-refractivity contribution in [2.75, 3.05) is 13.2 Å². The SMILES string of the molecule is CCCOc1ccccc1CCCNC(=O)[C@@H](CC)Sc1ccc(Cl)cc1. The fourth-order valence-corrected chi connectivity index (χ4v) is 3.77. The van der Waals surface area contributed by atoms with Gasteiger partial charge in [-0.25, -0.2) is 0 Å². The number of hydrogen-bond acceptors (Lipinski definition) is 3. The van der Waals surface area contributed by atoms with Crippen LogP contribution in [0.15, 0.2) is 53.4 Å². The zero-order chi connectivity index (χ0) is 19.5. The summed E-state index contributed by atoms with van der Waals surface area (Å²) in [6.45, 7) is 5.53. The highest BCUT2D eigenvalue weighted by Gasteiger charge is 2.17. The minimum absolute atomic E-state index is 0.0907. The average molecular weight is 406 g/mol. The Labute approximate surface area is 171 Å². The van der Waals surface area contributed by atoms with Gasteiger partial charge in [-0.3, -0.25) is 4.79 Å². The molecule has 0 aliphatic carbocycles. The van der Waals surface area contributed by atoms with Gasteiger partial charge in [0.1, 0.15) is 5.75 Å². The molecule has 5 heteroatoms. The Morgan fingerprint density at radius 2 is 1.89 bits per heavy atom. The number of thioether (sulfide) groups is 1. The maximum atomic E-state index is 12.5. The van der Waals surface area contributed by atoms with Crippen LogP contribution in [-0.2, 0) is 11.2 Å². The normalized spacial score (nSPS) is 11.8. The Hall–Kier alpha value is -1.65. The van der Waals surface area contributed by atoms with E-state index >= 15 is 0 Å². The summed E-state index contributed by atoms with van der Waals surface area (Å²) in [5.74, 6) is 1.04. The quantitative estimate of drug-likeness (QED) is 0.382. The van der Waals surface area contributed by atoms with E-state index in [0.717, 1.165) is 42.9 Å². The molecule has 0 saturated carbocycles. The largest absolute Gasteiger partial charge is 0.493 e. The summed E-state index contributed by atoms with van der Waals surface area (Å²) in [5.41, 5.74) is 1.20. The molecular weight excluding hydrogens is 378 g/mol. The Kier molecular flexibility index (Phi) is 9.57. The molecule has 1 atom stereocenters. The number of aryl methyl sites for hydroxylation is 1. The van der Waals surface area contributed by atoms with Crippen LogP contribution in [0.1, 0.15) is 38.7 Å². The first-order valence-electron chi connectivity index (χ1n) is 9.54. The summed E-state index contributed by atoms with van der Waals surface area (Å²) in [7, 11) is 0. The number of carbonyl (C=O) groups excluding carboxylic acids is 1. The lowest BCUT2D eigenvalue weighted by Gasteiger charge is -2.15. The van der Waals surface area contributed by atoms with Crippen molar-refractivity contribution < 1.29 is 9.53 Å². The number of hydrogen-bond donors (Lipinski definition) is 1. The lowest BCUT2D eigenvalue weighted by atomic mass is 10.1. The Morgan fingerprint density at radius 1 is 1.15 bits per heavy atom. The molecule has 1 amide bonds. The molecule has 0 aromatic heterocycles. The van der Waals surface area contributed by atoms with Crippen LogP contribution in [0.25, 0.3) is 0 Å². The van der Waals surface area contributed by atoms with E-state index in [1.54, 1.807) is 11.8 Å². The van der Waals surface area contributed by atoms with Gasteiger partial charge in [0.05, 0.1) is 11.9 Å². The number of rotatable bonds is 11. The second-order valence-electron chi connectivity index (χ2n) is 6.32. The van der Waals surface area contributed by atoms with Crippen molar-refractivity contribution in [3.05, 3.63) is 59.1 Å². The van der Waals surface area contributed by atoms with Gasteiger partial charge in [-0.1, -0.05) is 43.6 Å². The first kappa shape index (κ1) is 21.6. The molecule has 1 N–H and O–H groups in total. The molecule has 2 aromatic rings. The number of benzene rings is 2. The molecule has 3 nitrogen and oxygen atoms in total. The van der Waals surface area contributed by atoms with Gasteiger partial charge in [0, 0.05) is 16.5 Å². The van der Waals surface area contributed by atoms with Gasteiger partial charge >= 0.3 is 0 Å². The molecule has 0 unspecified atom stereocenters. The predicted octanol–water partition coefficient (Wildman–Crippen LogP) is 5.75. The van der Waals surface area contributed by atoms with E-state index in [2.05, 4.69) is 18.3 Å². The zero-order valence-corrected chi connectivity index (χ0v) is 17.6. The van der Waals surface area contributed by atoms with Crippen molar-refractivity contribution in [3.8, 4) is 5.75 Å². The number of nitrogens with one attached hydrogen (secondary N) is 1. The van der Waals surface area contributed by atoms with Crippen molar-refractivity contribution in [2.45, 2.75) is 49.7 Å². The number of amides is 1. The number of halogens is 1. The number of ether oxygens (including phenoxy) is 1. The van der Waals surface area contributed by atoms with Gasteiger partial charge < -0.3 is 10.1 Å². The molecule has 0 fully saturated rings. The highest BCUT2D eigenvalue weighted by molar-refractivity contribution is 8.00. The molecule has 0 radical (unpaired) electrons. The summed E-state index contributed by atoms with van der Waals surface area (Å²) in [6.07, 6.45) is 3.56. The molecule has 146 valence electrons. The van der Waals surface area contributed by atoms with Gasteiger partial charge in [-0.2, -0.15) is 0 Å². The van der Waals surface area contributed by atoms with Gasteiger partial charge in [-0.15, -0.1) is 11.8 Å². The van der Waals surface area contributed by atoms with E-state index in [4.69, 9.17) is 16.3 Å². The molecule has 27 heavy (non-hydrogen) atoms. The van der Waals surface area contributed by atoms with Crippen molar-refractivity contribution in [1.82, 2.24) is 5.32 Å². The van der Waals surface area contributed by atoms with Crippen LogP contribution in [0.2, 0.25) is 5.02 Å². The molecule has 0 aliphatic rings. The third kappa shape index (κ3) is 7.47. The molecule has 0 spiro atoms. The lowest BCUT2D eigenvalue weighted by Crippen LogP contribution is -2.33. The summed E-state index contributed by atoms with van der Waals surface area (Å²) in [6, 6.07) is 15.8. The van der Waals surface area contributed by atoms with Gasteiger partial charge in [0.25, 0.3) is 0 Å². The molecule has 2 aromatic carbocycles. The van der Waals surface area contributed by atoms with Gasteiger partial charge in [-0.05, 0) is 61.6 Å². The standard InChI is InChI=1S/C22H28ClNO2S/c1-3-16-26-20-10-6-5-8-17(20)9-7-15-24-22(25)21(4-2)27-19-13-11-18(23)12-14-19/h5-6,8,10-14,21H,3-4,7,9,15-16H2,1-2H3,(H,24,25)/t21-/m1/s1. The van der Waals surface area contributed by atoms with Gasteiger partial charge in [0.15, 0.2) is 0 Å². The van der Waals surface area contributed by atoms with Gasteiger partial charge in [0.2, 0.25) is 5.91 Å². The summed E-state index contributed by atoms with van der Waals surface area (Å²) in [5, 5.41) is 3.69. The van der Waals surface area contributed by atoms with Crippen LogP contribution in [0.5, 0.6) is 5.75 Å². The van der Waals surface area contributed by atoms with E-state index in [9.17, 15) is 4.79 Å². The fraction of sp³-hybridized carbons (Fsp3) is 0.409. The van der Waals surface area contributed by atoms with Crippen LogP contribution >= 0.6 is 23.4 Å². The minimum Gasteiger partial charge on any atom is -0.493 e. The van der Waals surface area contributed by atoms with Crippen LogP contribution < -0.4 is 10.1 Å². The zero-order valence-electron chi connectivity index (χ0n) is 16.0. The molecule has 0 saturated heterocycles. The van der Waals surface area contributed by atoms with Crippen molar-refractivity contribution in [3.63, 3.8) is 0 Å². The fourth-order valence-electron chi connectivity index (χ4n) is 2.67. The molecule has 2 rings (SSSR count). The molecular formula is C22H28ClNO2S. The van der Waals surface area contributed by atoms with Crippen molar-refractivity contribution in [2.24, 2.45) is 0 Å². The summed E-state index contributed by atoms with van der Waals surface area (Å²) < 4.78 is 5.79. The number of carbonyl (C=O) groups is 1. The topological polar surface area (TPSA) is 38.3 Å². The molecule has 0 heterocycles. The average Bonchev–Trinajstić information content (AvgIpc) is 2.69. The smallest absolute Gasteiger partial charge is 0.233 e. The van der Waals surface area contributed by atoms with E-state index < -0.39 is 0 Å². The van der Waals surface area contributed by atoms with Crippen LogP contribution in [0, 0.1) is 0 Å². The van der Waals surface area contributed by atoms with Crippen LogP contribution in [0.4, 0.5) is 0 Å². The maximum Gasteiger partial charge on any atom is 0.233 e. The van der Waals surface area contributed by atoms with E-state index in [1.807, 2.05) is 49.4 Å². The Morgan fingerprint density at radius 3 is 2.59 bits per heavy atom. The highest BCUT2D eigenvalue weighted by atomic mass is 35.5. The molecule has 0 aliphatic heterocycles. The third-order valence-corrected chi connectivity index (χ3v) is 5.74. The Bertz CT molecular complexity index is 706. The Balaban J connectivity index is 1.78. The summed E-state index contributed by atoms with van der Waals surface area (Å²) in [4.78, 5) is 13.5. The first-order chi connectivity index (χ1) is 13.1. The molecule has 0 bridgehead atoms. The van der Waals surface area contributed by atoms with Crippen LogP contribution in [0.3, 0.4) is 0 Å². The lowest BCUT2D eigenvalue weighted by molar-refractivity contribution is -0.120. The first-order valence-corrected chi connectivity index (χ1v) is 10.8. The van der Waals surface area contributed by atoms with Crippen LogP contribution in [-0.4, -0.2) is 24.3 Å². The van der Waals surface area contributed by atoms with E-state index in [0.29, 0.717) is 11.6 Å². The van der Waals surface area contributed by atoms with E-state index in [-0.39, 0.29) is 11.2 Å². The second kappa shape index (κ2) is 11.9. The van der Waals surface area contributed by atoms with E-state index in [1.165, 1.54) is 5.56 Å². The highest BCUT2D eigenvalue weighted by Crippen LogP contribution is 2.27. The van der Waals surface area contributed by atoms with Crippen molar-refractivity contribution >= 4 is 29.3 Å². The third-order valence-electron chi connectivity index (χ3n) is 4.11. The monoisotopic (exact) mass is 405 g/mol. The second-order valence-corrected chi connectivity index (χ2v) is 8.03. The summed E-state index contributed by atoms with van der Waals surface area (Å²) >= 11 is 7.50. The minimum atomic E-state index is -0.0913. The predicted molar refractivity (Wildman–Crippen MR) is 115 cm³/mol. The number of para-hydroxylation sites is 1. The van der Waals surface area contributed by atoms with Crippen molar-refractivity contribution in [1.29, 1.82) is 0 Å². The maximum absolute atomic E-state index is 12.5.